The number of rotatable bonds is 3. The molecule has 1 heterocycles. The number of hydrogen-bond acceptors (Lipinski definition) is 2. The van der Waals surface area contributed by atoms with Crippen LogP contribution in [0.3, 0.4) is 0 Å². The second-order valence-corrected chi connectivity index (χ2v) is 4.37. The van der Waals surface area contributed by atoms with E-state index in [0.717, 1.165) is 26.1 Å². The molecule has 1 unspecified atom stereocenters. The zero-order valence-corrected chi connectivity index (χ0v) is 9.64. The maximum atomic E-state index is 3.49. The van der Waals surface area contributed by atoms with Crippen LogP contribution in [0.2, 0.25) is 0 Å². The summed E-state index contributed by atoms with van der Waals surface area (Å²) in [6.45, 7) is 7.45. The Kier molecular flexibility index (Phi) is 3.39. The maximum Gasteiger partial charge on any atom is 0.0210 e. The summed E-state index contributed by atoms with van der Waals surface area (Å²) in [6.07, 6.45) is 1.16. The fourth-order valence-electron chi connectivity index (χ4n) is 2.11. The Balaban J connectivity index is 2.13. The molecule has 1 aliphatic rings. The molecule has 0 aliphatic carbocycles. The first-order valence-electron chi connectivity index (χ1n) is 5.84. The largest absolute Gasteiger partial charge is 0.313 e. The number of benzene rings is 1. The lowest BCUT2D eigenvalue weighted by molar-refractivity contribution is 0.513. The Bertz CT molecular complexity index is 333. The molecule has 1 aliphatic heterocycles. The van der Waals surface area contributed by atoms with Gasteiger partial charge in [-0.2, -0.15) is 0 Å². The molecule has 2 rings (SSSR count). The van der Waals surface area contributed by atoms with Crippen LogP contribution in [0.4, 0.5) is 0 Å². The fraction of sp³-hybridized carbons (Fsp3) is 0.538. The summed E-state index contributed by atoms with van der Waals surface area (Å²) in [4.78, 5) is 0. The Labute approximate surface area is 92.1 Å². The SMILES string of the molecule is CCNCc1ccc2c(c1)CC(C)NC2. The van der Waals surface area contributed by atoms with Gasteiger partial charge in [-0.3, -0.25) is 0 Å². The molecule has 0 bridgehead atoms. The van der Waals surface area contributed by atoms with E-state index in [1.54, 1.807) is 0 Å². The smallest absolute Gasteiger partial charge is 0.0210 e. The zero-order chi connectivity index (χ0) is 10.7. The van der Waals surface area contributed by atoms with E-state index in [1.165, 1.54) is 16.7 Å². The molecule has 82 valence electrons. The van der Waals surface area contributed by atoms with E-state index < -0.39 is 0 Å². The molecule has 2 heteroatoms. The molecule has 0 amide bonds. The second kappa shape index (κ2) is 4.77. The van der Waals surface area contributed by atoms with Gasteiger partial charge in [0.2, 0.25) is 0 Å². The maximum absolute atomic E-state index is 3.49. The van der Waals surface area contributed by atoms with E-state index in [9.17, 15) is 0 Å². The van der Waals surface area contributed by atoms with Crippen molar-refractivity contribution in [3.63, 3.8) is 0 Å². The monoisotopic (exact) mass is 204 g/mol. The van der Waals surface area contributed by atoms with E-state index in [1.807, 2.05) is 0 Å². The second-order valence-electron chi connectivity index (χ2n) is 4.37. The third-order valence-electron chi connectivity index (χ3n) is 3.02. The topological polar surface area (TPSA) is 24.1 Å². The average Bonchev–Trinajstić information content (AvgIpc) is 2.25. The third kappa shape index (κ3) is 2.58. The van der Waals surface area contributed by atoms with Crippen molar-refractivity contribution in [3.05, 3.63) is 34.9 Å². The van der Waals surface area contributed by atoms with Crippen LogP contribution < -0.4 is 10.6 Å². The van der Waals surface area contributed by atoms with Gasteiger partial charge in [0.25, 0.3) is 0 Å². The molecule has 1 aromatic rings. The van der Waals surface area contributed by atoms with Gasteiger partial charge in [-0.25, -0.2) is 0 Å². The van der Waals surface area contributed by atoms with Gasteiger partial charge in [0.05, 0.1) is 0 Å². The van der Waals surface area contributed by atoms with Gasteiger partial charge in [0, 0.05) is 19.1 Å². The highest BCUT2D eigenvalue weighted by Gasteiger charge is 2.13. The molecule has 15 heavy (non-hydrogen) atoms. The molecule has 0 saturated carbocycles. The first kappa shape index (κ1) is 10.7. The highest BCUT2D eigenvalue weighted by atomic mass is 14.9. The van der Waals surface area contributed by atoms with Gasteiger partial charge in [0.1, 0.15) is 0 Å². The van der Waals surface area contributed by atoms with Crippen LogP contribution in [0.5, 0.6) is 0 Å². The molecular weight excluding hydrogens is 184 g/mol. The minimum absolute atomic E-state index is 0.617. The van der Waals surface area contributed by atoms with E-state index in [-0.39, 0.29) is 0 Å². The Morgan fingerprint density at radius 1 is 1.40 bits per heavy atom. The zero-order valence-electron chi connectivity index (χ0n) is 9.64. The minimum Gasteiger partial charge on any atom is -0.313 e. The average molecular weight is 204 g/mol. The molecular formula is C13H20N2. The number of fused-ring (bicyclic) bond motifs is 1. The van der Waals surface area contributed by atoms with Gasteiger partial charge in [-0.1, -0.05) is 25.1 Å². The summed E-state index contributed by atoms with van der Waals surface area (Å²) < 4.78 is 0. The highest BCUT2D eigenvalue weighted by molar-refractivity contribution is 5.34. The van der Waals surface area contributed by atoms with Crippen molar-refractivity contribution in [2.45, 2.75) is 39.4 Å². The molecule has 1 atom stereocenters. The Morgan fingerprint density at radius 3 is 3.07 bits per heavy atom. The summed E-state index contributed by atoms with van der Waals surface area (Å²) in [7, 11) is 0. The molecule has 1 aromatic carbocycles. The summed E-state index contributed by atoms with van der Waals surface area (Å²) in [5, 5.41) is 6.85. The summed E-state index contributed by atoms with van der Waals surface area (Å²) in [5.74, 6) is 0. The van der Waals surface area contributed by atoms with Gasteiger partial charge in [0.15, 0.2) is 0 Å². The summed E-state index contributed by atoms with van der Waals surface area (Å²) in [5.41, 5.74) is 4.40. The van der Waals surface area contributed by atoms with Gasteiger partial charge < -0.3 is 10.6 Å². The van der Waals surface area contributed by atoms with Crippen molar-refractivity contribution < 1.29 is 0 Å². The van der Waals surface area contributed by atoms with Crippen molar-refractivity contribution in [2.24, 2.45) is 0 Å². The van der Waals surface area contributed by atoms with E-state index >= 15 is 0 Å². The molecule has 2 nitrogen and oxygen atoms in total. The Hall–Kier alpha value is -0.860. The lowest BCUT2D eigenvalue weighted by Crippen LogP contribution is -2.32. The number of nitrogens with one attached hydrogen (secondary N) is 2. The molecule has 2 N–H and O–H groups in total. The van der Waals surface area contributed by atoms with Crippen molar-refractivity contribution in [1.29, 1.82) is 0 Å². The van der Waals surface area contributed by atoms with Gasteiger partial charge >= 0.3 is 0 Å². The van der Waals surface area contributed by atoms with E-state index in [4.69, 9.17) is 0 Å². The normalized spacial score (nSPS) is 20.0. The summed E-state index contributed by atoms with van der Waals surface area (Å²) in [6, 6.07) is 7.47. The van der Waals surface area contributed by atoms with Crippen LogP contribution in [0.1, 0.15) is 30.5 Å². The Morgan fingerprint density at radius 2 is 2.27 bits per heavy atom. The van der Waals surface area contributed by atoms with E-state index in [0.29, 0.717) is 6.04 Å². The van der Waals surface area contributed by atoms with Crippen LogP contribution >= 0.6 is 0 Å². The first-order valence-corrected chi connectivity index (χ1v) is 5.84. The predicted octanol–water partition coefficient (Wildman–Crippen LogP) is 1.83. The standard InChI is InChI=1S/C13H20N2/c1-3-14-8-11-4-5-12-9-15-10(2)6-13(12)7-11/h4-5,7,10,14-15H,3,6,8-9H2,1-2H3. The molecule has 0 saturated heterocycles. The molecule has 0 aromatic heterocycles. The lowest BCUT2D eigenvalue weighted by Gasteiger charge is -2.23. The molecule has 0 spiro atoms. The summed E-state index contributed by atoms with van der Waals surface area (Å²) >= 11 is 0. The molecule has 0 fully saturated rings. The third-order valence-corrected chi connectivity index (χ3v) is 3.02. The minimum atomic E-state index is 0.617. The quantitative estimate of drug-likeness (QED) is 0.785. The van der Waals surface area contributed by atoms with Crippen molar-refractivity contribution in [1.82, 2.24) is 10.6 Å². The van der Waals surface area contributed by atoms with E-state index in [2.05, 4.69) is 42.7 Å². The predicted molar refractivity (Wildman–Crippen MR) is 63.8 cm³/mol. The molecule has 0 radical (unpaired) electrons. The van der Waals surface area contributed by atoms with Crippen molar-refractivity contribution in [2.75, 3.05) is 6.54 Å². The van der Waals surface area contributed by atoms with Crippen LogP contribution in [0, 0.1) is 0 Å². The lowest BCUT2D eigenvalue weighted by atomic mass is 9.95. The highest BCUT2D eigenvalue weighted by Crippen LogP contribution is 2.18. The van der Waals surface area contributed by atoms with Crippen LogP contribution in [0.15, 0.2) is 18.2 Å². The fourth-order valence-corrected chi connectivity index (χ4v) is 2.11. The van der Waals surface area contributed by atoms with Crippen molar-refractivity contribution >= 4 is 0 Å². The van der Waals surface area contributed by atoms with Crippen LogP contribution in [-0.2, 0) is 19.5 Å². The van der Waals surface area contributed by atoms with Crippen molar-refractivity contribution in [3.8, 4) is 0 Å². The van der Waals surface area contributed by atoms with Crippen LogP contribution in [0.25, 0.3) is 0 Å². The van der Waals surface area contributed by atoms with Gasteiger partial charge in [-0.15, -0.1) is 0 Å². The first-order chi connectivity index (χ1) is 7.29. The van der Waals surface area contributed by atoms with Crippen LogP contribution in [-0.4, -0.2) is 12.6 Å². The van der Waals surface area contributed by atoms with Gasteiger partial charge in [-0.05, 0) is 36.6 Å². The number of hydrogen-bond donors (Lipinski definition) is 2.